The van der Waals surface area contributed by atoms with E-state index in [-0.39, 0.29) is 62.7 Å². The Morgan fingerprint density at radius 3 is 2.29 bits per heavy atom. The van der Waals surface area contributed by atoms with Gasteiger partial charge in [0.05, 0.1) is 36.9 Å². The van der Waals surface area contributed by atoms with E-state index in [0.717, 1.165) is 4.68 Å². The maximum absolute atomic E-state index is 13.4. The van der Waals surface area contributed by atoms with Crippen LogP contribution in [0.4, 0.5) is 37.0 Å². The van der Waals surface area contributed by atoms with E-state index < -0.39 is 42.2 Å². The Hall–Kier alpha value is -3.56. The first kappa shape index (κ1) is 31.4. The number of hydrogen-bond donors (Lipinski definition) is 1. The van der Waals surface area contributed by atoms with Crippen molar-refractivity contribution in [1.82, 2.24) is 19.9 Å². The highest BCUT2D eigenvalue weighted by Crippen LogP contribution is 2.37. The van der Waals surface area contributed by atoms with Crippen LogP contribution in [0.2, 0.25) is 5.02 Å². The Morgan fingerprint density at radius 1 is 1.10 bits per heavy atom. The molecule has 1 unspecified atom stereocenters. The van der Waals surface area contributed by atoms with Gasteiger partial charge >= 0.3 is 18.4 Å². The number of nitrogens with two attached hydrogens (primary N) is 1. The molecule has 4 rings (SSSR count). The van der Waals surface area contributed by atoms with Crippen molar-refractivity contribution in [2.45, 2.75) is 31.9 Å². The largest absolute Gasteiger partial charge is 0.417 e. The highest BCUT2D eigenvalue weighted by atomic mass is 35.5. The van der Waals surface area contributed by atoms with Gasteiger partial charge in [-0.25, -0.2) is 9.48 Å². The summed E-state index contributed by atoms with van der Waals surface area (Å²) < 4.78 is 92.7. The lowest BCUT2D eigenvalue weighted by Gasteiger charge is -2.30. The third-order valence-electron chi connectivity index (χ3n) is 6.58. The summed E-state index contributed by atoms with van der Waals surface area (Å²) in [5.74, 6) is -0.186. The number of aromatic nitrogens is 3. The smallest absolute Gasteiger partial charge is 0.385 e. The molecule has 16 heteroatoms. The van der Waals surface area contributed by atoms with Crippen LogP contribution in [0.3, 0.4) is 0 Å². The van der Waals surface area contributed by atoms with Gasteiger partial charge < -0.3 is 20.1 Å². The number of rotatable bonds is 8. The predicted octanol–water partition coefficient (Wildman–Crippen LogP) is 5.37. The number of carbonyl (C=O) groups is 1. The monoisotopic (exact) mass is 620 g/mol. The van der Waals surface area contributed by atoms with E-state index in [2.05, 4.69) is 10.3 Å². The van der Waals surface area contributed by atoms with Crippen molar-refractivity contribution in [2.24, 2.45) is 5.73 Å². The number of ether oxygens (including phenoxy) is 2. The van der Waals surface area contributed by atoms with E-state index in [0.29, 0.717) is 22.7 Å². The fourth-order valence-corrected chi connectivity index (χ4v) is 4.82. The van der Waals surface area contributed by atoms with Gasteiger partial charge in [0.25, 0.3) is 5.88 Å². The molecule has 1 atom stereocenters. The highest BCUT2D eigenvalue weighted by molar-refractivity contribution is 6.31. The quantitative estimate of drug-likeness (QED) is 0.338. The molecule has 1 saturated heterocycles. The summed E-state index contributed by atoms with van der Waals surface area (Å²) in [6, 6.07) is 7.60. The van der Waals surface area contributed by atoms with E-state index >= 15 is 0 Å². The Bertz CT molecular complexity index is 1360. The van der Waals surface area contributed by atoms with Crippen LogP contribution in [-0.4, -0.2) is 65.4 Å². The molecule has 9 nitrogen and oxygen atoms in total. The zero-order chi connectivity index (χ0) is 30.7. The van der Waals surface area contributed by atoms with Crippen molar-refractivity contribution in [1.29, 1.82) is 0 Å². The predicted molar refractivity (Wildman–Crippen MR) is 140 cm³/mol. The van der Waals surface area contributed by atoms with Crippen LogP contribution in [-0.2, 0) is 23.6 Å². The molecule has 42 heavy (non-hydrogen) atoms. The Labute approximate surface area is 241 Å². The van der Waals surface area contributed by atoms with Crippen molar-refractivity contribution in [3.63, 3.8) is 0 Å². The van der Waals surface area contributed by atoms with E-state index in [1.807, 2.05) is 0 Å². The third-order valence-corrected chi connectivity index (χ3v) is 6.93. The topological polar surface area (TPSA) is 98.7 Å². The summed E-state index contributed by atoms with van der Waals surface area (Å²) in [5, 5.41) is 8.26. The molecule has 1 aromatic heterocycles. The molecule has 0 aliphatic carbocycles. The lowest BCUT2D eigenvalue weighted by atomic mass is 10.0. The Balaban J connectivity index is 1.69. The summed E-state index contributed by atoms with van der Waals surface area (Å²) in [6.07, 6.45) is -10.9. The van der Waals surface area contributed by atoms with Gasteiger partial charge in [-0.3, -0.25) is 4.90 Å². The maximum atomic E-state index is 13.4. The molecule has 0 bridgehead atoms. The first-order valence-electron chi connectivity index (χ1n) is 12.8. The number of hydrogen-bond acceptors (Lipinski definition) is 7. The molecule has 1 amide bonds. The lowest BCUT2D eigenvalue weighted by Crippen LogP contribution is -2.40. The molecular weight excluding hydrogens is 594 g/mol. The average Bonchev–Trinajstić information content (AvgIpc) is 3.32. The third kappa shape index (κ3) is 7.25. The SMILES string of the molecule is CC(c1ccccc1Cl)N(CCN)C(=O)Oc1nnn(Cc2cc(C(F)(F)F)cc(C(F)(F)F)c2)c1N1CCOCC1. The number of nitrogens with zero attached hydrogens (tertiary/aromatic N) is 5. The number of anilines is 1. The van der Waals surface area contributed by atoms with Crippen LogP contribution in [0.5, 0.6) is 5.88 Å². The maximum Gasteiger partial charge on any atom is 0.417 e. The lowest BCUT2D eigenvalue weighted by molar-refractivity contribution is -0.143. The normalized spacial score (nSPS) is 15.0. The zero-order valence-corrected chi connectivity index (χ0v) is 23.0. The van der Waals surface area contributed by atoms with Crippen LogP contribution < -0.4 is 15.4 Å². The minimum atomic E-state index is -5.02. The summed E-state index contributed by atoms with van der Waals surface area (Å²) in [6.45, 7) is 2.46. The fraction of sp³-hybridized carbons (Fsp3) is 0.423. The highest BCUT2D eigenvalue weighted by Gasteiger charge is 2.37. The number of benzene rings is 2. The molecule has 0 radical (unpaired) electrons. The number of amides is 1. The standard InChI is InChI=1S/C26H27ClF6N6O3/c1-16(20-4-2-3-5-21(20)27)38(7-6-34)24(40)42-22-23(37-8-10-41-11-9-37)39(36-35-22)15-17-12-18(25(28,29)30)14-19(13-17)26(31,32)33/h2-5,12-14,16H,6-11,15,34H2,1H3. The van der Waals surface area contributed by atoms with Gasteiger partial charge in [0.1, 0.15) is 0 Å². The van der Waals surface area contributed by atoms with Gasteiger partial charge in [0.2, 0.25) is 0 Å². The van der Waals surface area contributed by atoms with Crippen LogP contribution in [0.1, 0.15) is 35.2 Å². The number of alkyl halides is 6. The van der Waals surface area contributed by atoms with Gasteiger partial charge in [-0.1, -0.05) is 40.1 Å². The van der Waals surface area contributed by atoms with Crippen LogP contribution in [0, 0.1) is 0 Å². The molecule has 2 heterocycles. The molecule has 0 spiro atoms. The Morgan fingerprint density at radius 2 is 1.71 bits per heavy atom. The van der Waals surface area contributed by atoms with Crippen LogP contribution in [0.25, 0.3) is 0 Å². The minimum Gasteiger partial charge on any atom is -0.385 e. The number of morpholine rings is 1. The number of halogens is 7. The van der Waals surface area contributed by atoms with Gasteiger partial charge in [0.15, 0.2) is 5.82 Å². The summed E-state index contributed by atoms with van der Waals surface area (Å²) in [5.41, 5.74) is 3.12. The van der Waals surface area contributed by atoms with Crippen molar-refractivity contribution in [3.05, 3.63) is 69.7 Å². The van der Waals surface area contributed by atoms with Gasteiger partial charge in [-0.15, -0.1) is 0 Å². The molecule has 0 saturated carbocycles. The zero-order valence-electron chi connectivity index (χ0n) is 22.3. The van der Waals surface area contributed by atoms with Crippen molar-refractivity contribution >= 4 is 23.5 Å². The van der Waals surface area contributed by atoms with Crippen molar-refractivity contribution in [2.75, 3.05) is 44.3 Å². The molecule has 1 fully saturated rings. The summed E-state index contributed by atoms with van der Waals surface area (Å²) in [7, 11) is 0. The van der Waals surface area contributed by atoms with Crippen molar-refractivity contribution in [3.8, 4) is 5.88 Å². The second-order valence-corrected chi connectivity index (χ2v) is 9.84. The minimum absolute atomic E-state index is 0.0487. The van der Waals surface area contributed by atoms with E-state index in [4.69, 9.17) is 26.8 Å². The van der Waals surface area contributed by atoms with E-state index in [9.17, 15) is 31.1 Å². The van der Waals surface area contributed by atoms with Gasteiger partial charge in [-0.2, -0.15) is 26.3 Å². The molecule has 228 valence electrons. The second kappa shape index (κ2) is 12.8. The van der Waals surface area contributed by atoms with Gasteiger partial charge in [0, 0.05) is 31.2 Å². The van der Waals surface area contributed by atoms with Crippen LogP contribution >= 0.6 is 11.6 Å². The molecule has 2 N–H and O–H groups in total. The molecule has 1 aliphatic rings. The molecule has 2 aromatic carbocycles. The van der Waals surface area contributed by atoms with Crippen molar-refractivity contribution < 1.29 is 40.6 Å². The first-order chi connectivity index (χ1) is 19.8. The molecule has 3 aromatic rings. The fourth-order valence-electron chi connectivity index (χ4n) is 4.53. The summed E-state index contributed by atoms with van der Waals surface area (Å²) >= 11 is 6.32. The summed E-state index contributed by atoms with van der Waals surface area (Å²) in [4.78, 5) is 16.4. The molecule has 1 aliphatic heterocycles. The number of carbonyl (C=O) groups excluding carboxylic acids is 1. The average molecular weight is 621 g/mol. The van der Waals surface area contributed by atoms with E-state index in [1.54, 1.807) is 36.1 Å². The first-order valence-corrected chi connectivity index (χ1v) is 13.1. The van der Waals surface area contributed by atoms with Crippen LogP contribution in [0.15, 0.2) is 42.5 Å². The molecular formula is C26H27ClF6N6O3. The second-order valence-electron chi connectivity index (χ2n) is 9.44. The Kier molecular flexibility index (Phi) is 9.53. The van der Waals surface area contributed by atoms with Gasteiger partial charge in [-0.05, 0) is 42.3 Å². The van der Waals surface area contributed by atoms with E-state index in [1.165, 1.54) is 4.90 Å².